The summed E-state index contributed by atoms with van der Waals surface area (Å²) in [6, 6.07) is 8.97. The third-order valence-electron chi connectivity index (χ3n) is 2.91. The fourth-order valence-corrected chi connectivity index (χ4v) is 1.82. The van der Waals surface area contributed by atoms with Crippen molar-refractivity contribution in [2.45, 2.75) is 25.9 Å². The largest absolute Gasteiger partial charge is 0.310 e. The van der Waals surface area contributed by atoms with E-state index in [-0.39, 0.29) is 0 Å². The van der Waals surface area contributed by atoms with E-state index >= 15 is 0 Å². The Morgan fingerprint density at radius 3 is 2.78 bits per heavy atom. The van der Waals surface area contributed by atoms with Crippen molar-refractivity contribution in [1.82, 2.24) is 14.9 Å². The van der Waals surface area contributed by atoms with Crippen molar-refractivity contribution in [3.63, 3.8) is 0 Å². The molecule has 0 aliphatic rings. The molecule has 0 aliphatic heterocycles. The minimum atomic E-state index is 0.468. The van der Waals surface area contributed by atoms with Gasteiger partial charge < -0.3 is 9.88 Å². The predicted molar refractivity (Wildman–Crippen MR) is 74.7 cm³/mol. The number of hydrogen-bond donors (Lipinski definition) is 1. The lowest BCUT2D eigenvalue weighted by molar-refractivity contribution is 0.554. The Bertz CT molecular complexity index is 471. The highest BCUT2D eigenvalue weighted by atomic mass is 15.0. The number of nitrogens with zero attached hydrogens (tertiary/aromatic N) is 2. The summed E-state index contributed by atoms with van der Waals surface area (Å²) in [6.07, 6.45) is 8.47. The van der Waals surface area contributed by atoms with Gasteiger partial charge in [0.1, 0.15) is 0 Å². The second-order valence-electron chi connectivity index (χ2n) is 4.44. The topological polar surface area (TPSA) is 29.9 Å². The van der Waals surface area contributed by atoms with E-state index in [2.05, 4.69) is 48.1 Å². The van der Waals surface area contributed by atoms with Crippen LogP contribution in [0.15, 0.2) is 55.6 Å². The molecule has 0 saturated carbocycles. The summed E-state index contributed by atoms with van der Waals surface area (Å²) in [6.45, 7) is 6.80. The van der Waals surface area contributed by atoms with Crippen LogP contribution in [0.25, 0.3) is 5.69 Å². The van der Waals surface area contributed by atoms with E-state index in [0.29, 0.717) is 6.04 Å². The Kier molecular flexibility index (Phi) is 4.31. The number of benzene rings is 1. The molecule has 0 spiro atoms. The highest BCUT2D eigenvalue weighted by Gasteiger charge is 2.00. The minimum absolute atomic E-state index is 0.468. The summed E-state index contributed by atoms with van der Waals surface area (Å²) in [5.41, 5.74) is 2.42. The fourth-order valence-electron chi connectivity index (χ4n) is 1.82. The predicted octanol–water partition coefficient (Wildman–Crippen LogP) is 2.93. The van der Waals surface area contributed by atoms with Gasteiger partial charge in [-0.3, -0.25) is 0 Å². The van der Waals surface area contributed by atoms with E-state index in [4.69, 9.17) is 0 Å². The van der Waals surface area contributed by atoms with Gasteiger partial charge in [-0.2, -0.15) is 0 Å². The second kappa shape index (κ2) is 6.17. The molecule has 3 nitrogen and oxygen atoms in total. The van der Waals surface area contributed by atoms with Crippen molar-refractivity contribution >= 4 is 0 Å². The number of imidazole rings is 1. The van der Waals surface area contributed by atoms with Gasteiger partial charge in [-0.15, -0.1) is 6.58 Å². The van der Waals surface area contributed by atoms with Gasteiger partial charge in [0.2, 0.25) is 0 Å². The van der Waals surface area contributed by atoms with Crippen molar-refractivity contribution in [2.75, 3.05) is 0 Å². The summed E-state index contributed by atoms with van der Waals surface area (Å²) in [7, 11) is 0. The lowest BCUT2D eigenvalue weighted by Gasteiger charge is -2.12. The highest BCUT2D eigenvalue weighted by molar-refractivity contribution is 5.34. The van der Waals surface area contributed by atoms with Crippen LogP contribution in [0.5, 0.6) is 0 Å². The van der Waals surface area contributed by atoms with Crippen LogP contribution in [0.2, 0.25) is 0 Å². The van der Waals surface area contributed by atoms with E-state index in [1.54, 1.807) is 12.5 Å². The summed E-state index contributed by atoms with van der Waals surface area (Å²) in [5, 5.41) is 3.46. The molecule has 1 unspecified atom stereocenters. The van der Waals surface area contributed by atoms with E-state index in [1.807, 2.05) is 16.8 Å². The van der Waals surface area contributed by atoms with Gasteiger partial charge in [-0.25, -0.2) is 4.98 Å². The molecule has 0 amide bonds. The first-order chi connectivity index (χ1) is 8.79. The lowest BCUT2D eigenvalue weighted by Crippen LogP contribution is -2.24. The smallest absolute Gasteiger partial charge is 0.0991 e. The molecule has 1 aromatic heterocycles. The zero-order chi connectivity index (χ0) is 12.8. The Morgan fingerprint density at radius 2 is 2.17 bits per heavy atom. The monoisotopic (exact) mass is 241 g/mol. The summed E-state index contributed by atoms with van der Waals surface area (Å²) in [5.74, 6) is 0. The molecule has 0 radical (unpaired) electrons. The molecule has 0 aliphatic carbocycles. The Balaban J connectivity index is 1.94. The number of aromatic nitrogens is 2. The van der Waals surface area contributed by atoms with Gasteiger partial charge in [0.05, 0.1) is 6.33 Å². The van der Waals surface area contributed by atoms with Gasteiger partial charge in [-0.05, 0) is 31.0 Å². The van der Waals surface area contributed by atoms with Gasteiger partial charge in [0, 0.05) is 30.7 Å². The molecule has 1 aromatic carbocycles. The maximum absolute atomic E-state index is 4.04. The molecule has 1 atom stereocenters. The van der Waals surface area contributed by atoms with Crippen LogP contribution in [0.1, 0.15) is 18.9 Å². The SMILES string of the molecule is C=CCC(C)NCc1ccc(-n2ccnc2)cc1. The Labute approximate surface area is 108 Å². The Hall–Kier alpha value is -1.87. The molecule has 0 bridgehead atoms. The molecule has 3 heteroatoms. The average molecular weight is 241 g/mol. The molecular formula is C15H19N3. The van der Waals surface area contributed by atoms with Crippen molar-refractivity contribution in [3.8, 4) is 5.69 Å². The first-order valence-electron chi connectivity index (χ1n) is 6.21. The minimum Gasteiger partial charge on any atom is -0.310 e. The van der Waals surface area contributed by atoms with Crippen molar-refractivity contribution in [3.05, 3.63) is 61.2 Å². The van der Waals surface area contributed by atoms with Crippen molar-refractivity contribution < 1.29 is 0 Å². The van der Waals surface area contributed by atoms with Gasteiger partial charge in [-0.1, -0.05) is 18.2 Å². The maximum Gasteiger partial charge on any atom is 0.0991 e. The van der Waals surface area contributed by atoms with E-state index in [1.165, 1.54) is 5.56 Å². The zero-order valence-electron chi connectivity index (χ0n) is 10.7. The molecule has 1 heterocycles. The normalized spacial score (nSPS) is 12.3. The molecule has 2 rings (SSSR count). The van der Waals surface area contributed by atoms with Crippen LogP contribution < -0.4 is 5.32 Å². The van der Waals surface area contributed by atoms with Crippen LogP contribution in [0.3, 0.4) is 0 Å². The maximum atomic E-state index is 4.04. The fraction of sp³-hybridized carbons (Fsp3) is 0.267. The third-order valence-corrected chi connectivity index (χ3v) is 2.91. The first kappa shape index (κ1) is 12.6. The molecule has 18 heavy (non-hydrogen) atoms. The molecule has 1 N–H and O–H groups in total. The zero-order valence-corrected chi connectivity index (χ0v) is 10.7. The van der Waals surface area contributed by atoms with Crippen molar-refractivity contribution in [2.24, 2.45) is 0 Å². The molecule has 0 saturated heterocycles. The quantitative estimate of drug-likeness (QED) is 0.788. The molecule has 94 valence electrons. The standard InChI is InChI=1S/C15H19N3/c1-3-4-13(2)17-11-14-5-7-15(8-6-14)18-10-9-16-12-18/h3,5-10,12-13,17H,1,4,11H2,2H3. The van der Waals surface area contributed by atoms with Crippen LogP contribution in [0.4, 0.5) is 0 Å². The Morgan fingerprint density at radius 1 is 1.39 bits per heavy atom. The average Bonchev–Trinajstić information content (AvgIpc) is 2.91. The van der Waals surface area contributed by atoms with Crippen molar-refractivity contribution in [1.29, 1.82) is 0 Å². The third kappa shape index (κ3) is 3.31. The highest BCUT2D eigenvalue weighted by Crippen LogP contribution is 2.09. The van der Waals surface area contributed by atoms with Gasteiger partial charge in [0.25, 0.3) is 0 Å². The molecular weight excluding hydrogens is 222 g/mol. The first-order valence-corrected chi connectivity index (χ1v) is 6.21. The molecule has 0 fully saturated rings. The van der Waals surface area contributed by atoms with Crippen LogP contribution in [-0.2, 0) is 6.54 Å². The molecule has 2 aromatic rings. The number of nitrogens with one attached hydrogen (secondary N) is 1. The van der Waals surface area contributed by atoms with E-state index in [9.17, 15) is 0 Å². The number of rotatable bonds is 6. The summed E-state index contributed by atoms with van der Waals surface area (Å²) in [4.78, 5) is 4.04. The lowest BCUT2D eigenvalue weighted by atomic mass is 10.1. The van der Waals surface area contributed by atoms with E-state index < -0.39 is 0 Å². The van der Waals surface area contributed by atoms with Gasteiger partial charge in [0.15, 0.2) is 0 Å². The summed E-state index contributed by atoms with van der Waals surface area (Å²) >= 11 is 0. The van der Waals surface area contributed by atoms with Gasteiger partial charge >= 0.3 is 0 Å². The van der Waals surface area contributed by atoms with E-state index in [0.717, 1.165) is 18.7 Å². The summed E-state index contributed by atoms with van der Waals surface area (Å²) < 4.78 is 2.00. The van der Waals surface area contributed by atoms with Crippen LogP contribution in [-0.4, -0.2) is 15.6 Å². The number of hydrogen-bond acceptors (Lipinski definition) is 2. The van der Waals surface area contributed by atoms with Crippen LogP contribution >= 0.6 is 0 Å². The van der Waals surface area contributed by atoms with Crippen LogP contribution in [0, 0.1) is 0 Å². The second-order valence-corrected chi connectivity index (χ2v) is 4.44.